The van der Waals surface area contributed by atoms with E-state index in [0.717, 1.165) is 23.7 Å². The van der Waals surface area contributed by atoms with Crippen molar-refractivity contribution in [3.8, 4) is 6.07 Å². The zero-order valence-corrected chi connectivity index (χ0v) is 14.3. The Kier molecular flexibility index (Phi) is 7.78. The van der Waals surface area contributed by atoms with Gasteiger partial charge in [-0.3, -0.25) is 0 Å². The molecule has 122 valence electrons. The van der Waals surface area contributed by atoms with Gasteiger partial charge in [-0.2, -0.15) is 5.26 Å². The van der Waals surface area contributed by atoms with Crippen LogP contribution in [-0.4, -0.2) is 0 Å². The van der Waals surface area contributed by atoms with Gasteiger partial charge >= 0.3 is 0 Å². The molecule has 0 heterocycles. The fraction of sp³-hybridized carbons (Fsp3) is 0.762. The zero-order chi connectivity index (χ0) is 15.6. The fourth-order valence-electron chi connectivity index (χ4n) is 4.62. The first-order valence-electron chi connectivity index (χ1n) is 9.54. The average molecular weight is 300 g/mol. The lowest BCUT2D eigenvalue weighted by atomic mass is 9.68. The SMILES string of the molecule is CC[C@H]1CC[C@H](C2CCC(CC/C=C/C=C/C#N)CC2)CC1. The Hall–Kier alpha value is -1.03. The van der Waals surface area contributed by atoms with E-state index in [9.17, 15) is 0 Å². The van der Waals surface area contributed by atoms with Gasteiger partial charge in [0.25, 0.3) is 0 Å². The van der Waals surface area contributed by atoms with Crippen LogP contribution >= 0.6 is 0 Å². The van der Waals surface area contributed by atoms with Crippen molar-refractivity contribution in [1.82, 2.24) is 0 Å². The van der Waals surface area contributed by atoms with Crippen LogP contribution in [-0.2, 0) is 0 Å². The van der Waals surface area contributed by atoms with Crippen LogP contribution in [0.25, 0.3) is 0 Å². The van der Waals surface area contributed by atoms with Gasteiger partial charge in [-0.05, 0) is 62.2 Å². The van der Waals surface area contributed by atoms with Crippen LogP contribution in [0.5, 0.6) is 0 Å². The molecule has 0 N–H and O–H groups in total. The summed E-state index contributed by atoms with van der Waals surface area (Å²) < 4.78 is 0. The van der Waals surface area contributed by atoms with Crippen molar-refractivity contribution in [3.63, 3.8) is 0 Å². The van der Waals surface area contributed by atoms with Crippen LogP contribution in [0, 0.1) is 35.0 Å². The van der Waals surface area contributed by atoms with E-state index in [2.05, 4.69) is 13.0 Å². The Morgan fingerprint density at radius 1 is 0.864 bits per heavy atom. The molecule has 0 spiro atoms. The molecule has 2 rings (SSSR count). The largest absolute Gasteiger partial charge is 0.193 e. The molecule has 0 aromatic heterocycles. The van der Waals surface area contributed by atoms with Gasteiger partial charge in [-0.1, -0.05) is 57.3 Å². The van der Waals surface area contributed by atoms with Crippen molar-refractivity contribution in [2.45, 2.75) is 77.6 Å². The monoisotopic (exact) mass is 299 g/mol. The zero-order valence-electron chi connectivity index (χ0n) is 14.3. The molecule has 1 nitrogen and oxygen atoms in total. The quantitative estimate of drug-likeness (QED) is 0.410. The summed E-state index contributed by atoms with van der Waals surface area (Å²) in [5.41, 5.74) is 0. The van der Waals surface area contributed by atoms with E-state index < -0.39 is 0 Å². The van der Waals surface area contributed by atoms with Gasteiger partial charge in [0.05, 0.1) is 6.07 Å². The van der Waals surface area contributed by atoms with E-state index in [4.69, 9.17) is 5.26 Å². The summed E-state index contributed by atoms with van der Waals surface area (Å²) in [6.07, 6.45) is 23.4. The molecule has 0 bridgehead atoms. The lowest BCUT2D eigenvalue weighted by Crippen LogP contribution is -2.25. The van der Waals surface area contributed by atoms with Gasteiger partial charge in [-0.25, -0.2) is 0 Å². The minimum Gasteiger partial charge on any atom is -0.193 e. The Morgan fingerprint density at radius 2 is 1.45 bits per heavy atom. The maximum Gasteiger partial charge on any atom is 0.0912 e. The summed E-state index contributed by atoms with van der Waals surface area (Å²) in [5.74, 6) is 4.09. The molecule has 0 unspecified atom stereocenters. The van der Waals surface area contributed by atoms with Crippen LogP contribution in [0.2, 0.25) is 0 Å². The second kappa shape index (κ2) is 9.88. The van der Waals surface area contributed by atoms with Crippen LogP contribution < -0.4 is 0 Å². The Bertz CT molecular complexity index is 385. The van der Waals surface area contributed by atoms with Crippen molar-refractivity contribution in [1.29, 1.82) is 5.26 Å². The van der Waals surface area contributed by atoms with E-state index in [1.807, 2.05) is 18.2 Å². The van der Waals surface area contributed by atoms with Crippen LogP contribution in [0.1, 0.15) is 77.6 Å². The average Bonchev–Trinajstić information content (AvgIpc) is 2.59. The topological polar surface area (TPSA) is 23.8 Å². The molecule has 2 aliphatic carbocycles. The Balaban J connectivity index is 1.61. The summed E-state index contributed by atoms with van der Waals surface area (Å²) in [7, 11) is 0. The second-order valence-electron chi connectivity index (χ2n) is 7.46. The molecule has 2 aliphatic rings. The summed E-state index contributed by atoms with van der Waals surface area (Å²) in [6, 6.07) is 2.02. The van der Waals surface area contributed by atoms with E-state index in [-0.39, 0.29) is 0 Å². The van der Waals surface area contributed by atoms with Gasteiger partial charge in [0.15, 0.2) is 0 Å². The minimum atomic E-state index is 0.952. The van der Waals surface area contributed by atoms with E-state index in [1.165, 1.54) is 76.7 Å². The molecule has 0 aliphatic heterocycles. The predicted octanol–water partition coefficient (Wildman–Crippen LogP) is 6.43. The summed E-state index contributed by atoms with van der Waals surface area (Å²) in [4.78, 5) is 0. The molecule has 0 radical (unpaired) electrons. The van der Waals surface area contributed by atoms with Gasteiger partial charge in [-0.15, -0.1) is 0 Å². The summed E-state index contributed by atoms with van der Waals surface area (Å²) in [6.45, 7) is 2.36. The van der Waals surface area contributed by atoms with Crippen LogP contribution in [0.4, 0.5) is 0 Å². The van der Waals surface area contributed by atoms with Gasteiger partial charge in [0, 0.05) is 6.08 Å². The third kappa shape index (κ3) is 5.64. The maximum atomic E-state index is 8.42. The molecule has 2 fully saturated rings. The second-order valence-corrected chi connectivity index (χ2v) is 7.46. The van der Waals surface area contributed by atoms with Crippen molar-refractivity contribution < 1.29 is 0 Å². The number of allylic oxidation sites excluding steroid dienone is 4. The lowest BCUT2D eigenvalue weighted by molar-refractivity contribution is 0.143. The predicted molar refractivity (Wildman–Crippen MR) is 94.3 cm³/mol. The molecule has 0 amide bonds. The van der Waals surface area contributed by atoms with Crippen molar-refractivity contribution in [2.75, 3.05) is 0 Å². The third-order valence-corrected chi connectivity index (χ3v) is 6.19. The first-order chi connectivity index (χ1) is 10.8. The van der Waals surface area contributed by atoms with Crippen molar-refractivity contribution in [3.05, 3.63) is 24.3 Å². The number of hydrogen-bond donors (Lipinski definition) is 0. The van der Waals surface area contributed by atoms with Gasteiger partial charge < -0.3 is 0 Å². The Labute approximate surface area is 137 Å². The molecular formula is C21H33N. The Morgan fingerprint density at radius 3 is 2.00 bits per heavy atom. The van der Waals surface area contributed by atoms with Gasteiger partial charge in [0.2, 0.25) is 0 Å². The molecule has 0 aromatic rings. The van der Waals surface area contributed by atoms with E-state index in [0.29, 0.717) is 0 Å². The van der Waals surface area contributed by atoms with Crippen LogP contribution in [0.15, 0.2) is 24.3 Å². The molecule has 0 atom stereocenters. The first kappa shape index (κ1) is 17.3. The van der Waals surface area contributed by atoms with Gasteiger partial charge in [0.1, 0.15) is 0 Å². The highest BCUT2D eigenvalue weighted by Gasteiger charge is 2.30. The molecule has 0 saturated heterocycles. The van der Waals surface area contributed by atoms with Crippen molar-refractivity contribution >= 4 is 0 Å². The minimum absolute atomic E-state index is 0.952. The van der Waals surface area contributed by atoms with Crippen molar-refractivity contribution in [2.24, 2.45) is 23.7 Å². The normalized spacial score (nSPS) is 33.3. The number of hydrogen-bond acceptors (Lipinski definition) is 1. The number of nitrogens with zero attached hydrogens (tertiary/aromatic N) is 1. The first-order valence-corrected chi connectivity index (χ1v) is 9.54. The molecular weight excluding hydrogens is 266 g/mol. The summed E-state index contributed by atoms with van der Waals surface area (Å²) in [5, 5.41) is 8.42. The molecule has 2 saturated carbocycles. The smallest absolute Gasteiger partial charge is 0.0912 e. The molecule has 1 heteroatoms. The summed E-state index contributed by atoms with van der Waals surface area (Å²) >= 11 is 0. The highest BCUT2D eigenvalue weighted by molar-refractivity contribution is 5.11. The van der Waals surface area contributed by atoms with Crippen LogP contribution in [0.3, 0.4) is 0 Å². The maximum absolute atomic E-state index is 8.42. The molecule has 0 aromatic carbocycles. The lowest BCUT2D eigenvalue weighted by Gasteiger charge is -2.37. The van der Waals surface area contributed by atoms with E-state index >= 15 is 0 Å². The third-order valence-electron chi connectivity index (χ3n) is 6.19. The highest BCUT2D eigenvalue weighted by Crippen LogP contribution is 2.42. The van der Waals surface area contributed by atoms with E-state index in [1.54, 1.807) is 0 Å². The fourth-order valence-corrected chi connectivity index (χ4v) is 4.62. The number of rotatable bonds is 6. The number of nitriles is 1. The molecule has 22 heavy (non-hydrogen) atoms. The highest BCUT2D eigenvalue weighted by atomic mass is 14.4. The standard InChI is InChI=1S/C21H33N/c1-2-18-9-13-20(14-10-18)21-15-11-19(12-16-21)8-6-4-3-5-7-17-22/h3-5,7,18-21H,2,6,8-16H2,1H3/b4-3+,7-5+/t18-,19?,20-,21?.